The molecule has 0 heterocycles. The van der Waals surface area contributed by atoms with Crippen LogP contribution in [0.4, 0.5) is 10.5 Å². The average molecular weight is 296 g/mol. The molecule has 3 N–H and O–H groups in total. The number of carbonyl (C=O) groups excluding carboxylic acids is 1. The normalized spacial score (nSPS) is 11.8. The summed E-state index contributed by atoms with van der Waals surface area (Å²) in [4.78, 5) is 25.8. The first kappa shape index (κ1) is 16.9. The van der Waals surface area contributed by atoms with Gasteiger partial charge < -0.3 is 20.2 Å². The largest absolute Gasteiger partial charge is 0.478 e. The third kappa shape index (κ3) is 4.73. The summed E-state index contributed by atoms with van der Waals surface area (Å²) in [7, 11) is 1.55. The fourth-order valence-corrected chi connectivity index (χ4v) is 1.90. The minimum atomic E-state index is -1.05. The Morgan fingerprint density at radius 2 is 1.81 bits per heavy atom. The number of anilines is 1. The molecule has 0 aromatic heterocycles. The van der Waals surface area contributed by atoms with Gasteiger partial charge >= 0.3 is 12.0 Å². The summed E-state index contributed by atoms with van der Waals surface area (Å²) in [5.41, 5.74) is 0.601. The van der Waals surface area contributed by atoms with E-state index in [0.29, 0.717) is 5.69 Å². The predicted octanol–water partition coefficient (Wildman–Crippen LogP) is 0.616. The molecule has 1 unspecified atom stereocenters. The Kier molecular flexibility index (Phi) is 6.13. The van der Waals surface area contributed by atoms with Gasteiger partial charge in [0.2, 0.25) is 0 Å². The monoisotopic (exact) mass is 296 g/mol. The Balaban J connectivity index is 2.94. The Morgan fingerprint density at radius 3 is 2.24 bits per heavy atom. The van der Waals surface area contributed by atoms with E-state index < -0.39 is 12.1 Å². The lowest BCUT2D eigenvalue weighted by atomic mass is 10.2. The standard InChI is InChI=1S/C14H20N2O5/c1-10(18)9-15(2)14(21)16(7-8-17)12-5-3-11(4-6-12)13(19)20/h3-6,10,17-18H,7-9H2,1-2H3,(H,19,20). The van der Waals surface area contributed by atoms with Crippen molar-refractivity contribution in [3.05, 3.63) is 29.8 Å². The molecule has 0 aliphatic rings. The van der Waals surface area contributed by atoms with Crippen molar-refractivity contribution in [1.82, 2.24) is 4.90 Å². The van der Waals surface area contributed by atoms with Crippen molar-refractivity contribution in [3.8, 4) is 0 Å². The van der Waals surface area contributed by atoms with Crippen LogP contribution in [0.25, 0.3) is 0 Å². The maximum Gasteiger partial charge on any atom is 0.335 e. The molecule has 116 valence electrons. The van der Waals surface area contributed by atoms with Gasteiger partial charge in [-0.25, -0.2) is 9.59 Å². The maximum absolute atomic E-state index is 12.3. The van der Waals surface area contributed by atoms with Crippen LogP contribution in [0.15, 0.2) is 24.3 Å². The van der Waals surface area contributed by atoms with Crippen molar-refractivity contribution in [2.75, 3.05) is 31.6 Å². The van der Waals surface area contributed by atoms with Gasteiger partial charge in [0, 0.05) is 19.3 Å². The van der Waals surface area contributed by atoms with Crippen molar-refractivity contribution in [3.63, 3.8) is 0 Å². The number of nitrogens with zero attached hydrogens (tertiary/aromatic N) is 2. The number of benzene rings is 1. The van der Waals surface area contributed by atoms with Gasteiger partial charge in [-0.05, 0) is 31.2 Å². The predicted molar refractivity (Wildman–Crippen MR) is 77.5 cm³/mol. The molecule has 0 fully saturated rings. The molecule has 1 aromatic rings. The van der Waals surface area contributed by atoms with Crippen molar-refractivity contribution < 1.29 is 24.9 Å². The number of carboxylic acids is 1. The molecule has 0 spiro atoms. The van der Waals surface area contributed by atoms with Gasteiger partial charge in [0.1, 0.15) is 0 Å². The highest BCUT2D eigenvalue weighted by Gasteiger charge is 2.20. The third-order valence-corrected chi connectivity index (χ3v) is 2.85. The molecule has 0 aliphatic carbocycles. The van der Waals surface area contributed by atoms with E-state index in [0.717, 1.165) is 0 Å². The summed E-state index contributed by atoms with van der Waals surface area (Å²) in [6.45, 7) is 1.58. The van der Waals surface area contributed by atoms with E-state index in [9.17, 15) is 14.7 Å². The van der Waals surface area contributed by atoms with Crippen molar-refractivity contribution in [1.29, 1.82) is 0 Å². The maximum atomic E-state index is 12.3. The van der Waals surface area contributed by atoms with Gasteiger partial charge in [0.15, 0.2) is 0 Å². The summed E-state index contributed by atoms with van der Waals surface area (Å²) in [5.74, 6) is -1.05. The van der Waals surface area contributed by atoms with Crippen LogP contribution in [0.3, 0.4) is 0 Å². The molecule has 1 atom stereocenters. The first-order valence-corrected chi connectivity index (χ1v) is 6.51. The van der Waals surface area contributed by atoms with Gasteiger partial charge in [0.25, 0.3) is 0 Å². The number of amides is 2. The number of likely N-dealkylation sites (N-methyl/N-ethyl adjacent to an activating group) is 1. The molecular formula is C14H20N2O5. The Bertz CT molecular complexity index is 487. The van der Waals surface area contributed by atoms with E-state index in [1.807, 2.05) is 0 Å². The van der Waals surface area contributed by atoms with E-state index in [1.54, 1.807) is 14.0 Å². The molecule has 7 nitrogen and oxygen atoms in total. The Labute approximate surface area is 123 Å². The topological polar surface area (TPSA) is 101 Å². The fourth-order valence-electron chi connectivity index (χ4n) is 1.90. The Hall–Kier alpha value is -2.12. The molecule has 0 radical (unpaired) electrons. The second-order valence-corrected chi connectivity index (χ2v) is 4.74. The first-order chi connectivity index (χ1) is 9.86. The van der Waals surface area contributed by atoms with Crippen molar-refractivity contribution in [2.24, 2.45) is 0 Å². The molecule has 0 saturated carbocycles. The lowest BCUT2D eigenvalue weighted by Gasteiger charge is -2.28. The fraction of sp³-hybridized carbons (Fsp3) is 0.429. The highest BCUT2D eigenvalue weighted by Crippen LogP contribution is 2.17. The van der Waals surface area contributed by atoms with Gasteiger partial charge in [-0.3, -0.25) is 4.90 Å². The van der Waals surface area contributed by atoms with Crippen LogP contribution in [0.2, 0.25) is 0 Å². The SMILES string of the molecule is CC(O)CN(C)C(=O)N(CCO)c1ccc(C(=O)O)cc1. The zero-order chi connectivity index (χ0) is 16.0. The minimum absolute atomic E-state index is 0.0788. The summed E-state index contributed by atoms with van der Waals surface area (Å²) in [6.07, 6.45) is -0.663. The number of aliphatic hydroxyl groups is 2. The highest BCUT2D eigenvalue weighted by molar-refractivity contribution is 5.93. The number of aromatic carboxylic acids is 1. The van der Waals surface area contributed by atoms with Crippen LogP contribution in [-0.2, 0) is 0 Å². The van der Waals surface area contributed by atoms with E-state index in [-0.39, 0.29) is 31.3 Å². The van der Waals surface area contributed by atoms with E-state index >= 15 is 0 Å². The van der Waals surface area contributed by atoms with Crippen LogP contribution in [0.5, 0.6) is 0 Å². The second-order valence-electron chi connectivity index (χ2n) is 4.74. The molecule has 1 aromatic carbocycles. The third-order valence-electron chi connectivity index (χ3n) is 2.85. The van der Waals surface area contributed by atoms with Crippen LogP contribution in [-0.4, -0.2) is 65.1 Å². The number of aliphatic hydroxyl groups excluding tert-OH is 2. The summed E-state index contributed by atoms with van der Waals surface area (Å²) < 4.78 is 0. The number of carboxylic acid groups (broad SMARTS) is 1. The lowest BCUT2D eigenvalue weighted by molar-refractivity contribution is 0.0697. The Morgan fingerprint density at radius 1 is 1.24 bits per heavy atom. The van der Waals surface area contributed by atoms with E-state index in [4.69, 9.17) is 10.2 Å². The van der Waals surface area contributed by atoms with Crippen LogP contribution in [0.1, 0.15) is 17.3 Å². The van der Waals surface area contributed by atoms with Crippen LogP contribution < -0.4 is 4.90 Å². The molecule has 1 rings (SSSR count). The number of hydrogen-bond acceptors (Lipinski definition) is 4. The minimum Gasteiger partial charge on any atom is -0.478 e. The van der Waals surface area contributed by atoms with Gasteiger partial charge in [-0.2, -0.15) is 0 Å². The summed E-state index contributed by atoms with van der Waals surface area (Å²) in [6, 6.07) is 5.42. The molecule has 21 heavy (non-hydrogen) atoms. The van der Waals surface area contributed by atoms with E-state index in [1.165, 1.54) is 34.1 Å². The summed E-state index contributed by atoms with van der Waals surface area (Å²) in [5, 5.41) is 27.3. The molecule has 0 aliphatic heterocycles. The van der Waals surface area contributed by atoms with Crippen LogP contribution >= 0.6 is 0 Å². The first-order valence-electron chi connectivity index (χ1n) is 6.51. The van der Waals surface area contributed by atoms with Gasteiger partial charge in [0.05, 0.1) is 24.8 Å². The second kappa shape index (κ2) is 7.61. The smallest absolute Gasteiger partial charge is 0.335 e. The number of hydrogen-bond donors (Lipinski definition) is 3. The zero-order valence-corrected chi connectivity index (χ0v) is 12.1. The average Bonchev–Trinajstić information content (AvgIpc) is 2.43. The molecular weight excluding hydrogens is 276 g/mol. The lowest BCUT2D eigenvalue weighted by Crippen LogP contribution is -2.45. The number of rotatable bonds is 6. The van der Waals surface area contributed by atoms with Gasteiger partial charge in [-0.15, -0.1) is 0 Å². The summed E-state index contributed by atoms with van der Waals surface area (Å²) >= 11 is 0. The molecule has 2 amide bonds. The number of urea groups is 1. The highest BCUT2D eigenvalue weighted by atomic mass is 16.4. The molecule has 0 bridgehead atoms. The van der Waals surface area contributed by atoms with Gasteiger partial charge in [-0.1, -0.05) is 0 Å². The zero-order valence-electron chi connectivity index (χ0n) is 12.1. The molecule has 0 saturated heterocycles. The van der Waals surface area contributed by atoms with Crippen molar-refractivity contribution in [2.45, 2.75) is 13.0 Å². The molecule has 7 heteroatoms. The quantitative estimate of drug-likeness (QED) is 0.714. The number of carbonyl (C=O) groups is 2. The van der Waals surface area contributed by atoms with E-state index in [2.05, 4.69) is 0 Å². The van der Waals surface area contributed by atoms with Crippen LogP contribution in [0, 0.1) is 0 Å². The van der Waals surface area contributed by atoms with Crippen molar-refractivity contribution >= 4 is 17.7 Å².